The molecule has 0 amide bonds. The summed E-state index contributed by atoms with van der Waals surface area (Å²) in [5.41, 5.74) is 0.740. The van der Waals surface area contributed by atoms with Crippen LogP contribution in [0.4, 0.5) is 0 Å². The van der Waals surface area contributed by atoms with Crippen LogP contribution in [0.15, 0.2) is 24.3 Å². The second-order valence-corrected chi connectivity index (χ2v) is 7.63. The van der Waals surface area contributed by atoms with E-state index in [0.29, 0.717) is 24.3 Å². The number of benzene rings is 1. The van der Waals surface area contributed by atoms with Crippen LogP contribution >= 0.6 is 0 Å². The van der Waals surface area contributed by atoms with Crippen LogP contribution < -0.4 is 0 Å². The highest BCUT2D eigenvalue weighted by atomic mass is 16.6. The van der Waals surface area contributed by atoms with Gasteiger partial charge in [-0.15, -0.1) is 0 Å². The molecule has 8 heteroatoms. The van der Waals surface area contributed by atoms with E-state index in [2.05, 4.69) is 0 Å². The summed E-state index contributed by atoms with van der Waals surface area (Å²) in [6, 6.07) is 6.06. The predicted octanol–water partition coefficient (Wildman–Crippen LogP) is 4.65. The number of methoxy groups -OCH3 is 4. The molecule has 1 fully saturated rings. The van der Waals surface area contributed by atoms with Crippen molar-refractivity contribution in [2.24, 2.45) is 11.8 Å². The third-order valence-corrected chi connectivity index (χ3v) is 5.17. The first-order valence-electron chi connectivity index (χ1n) is 11.0. The van der Waals surface area contributed by atoms with E-state index in [0.717, 1.165) is 25.0 Å². The number of hydrogen-bond donors (Lipinski definition) is 0. The Labute approximate surface area is 206 Å². The Bertz CT molecular complexity index is 569. The van der Waals surface area contributed by atoms with Gasteiger partial charge in [-0.3, -0.25) is 0 Å². The normalized spacial score (nSPS) is 16.7. The molecule has 1 saturated carbocycles. The monoisotopic (exact) mass is 486 g/mol. The van der Waals surface area contributed by atoms with Gasteiger partial charge in [-0.2, -0.15) is 0 Å². The highest BCUT2D eigenvalue weighted by Crippen LogP contribution is 2.28. The molecule has 0 atom stereocenters. The first-order chi connectivity index (χ1) is 15.5. The molecule has 0 bridgehead atoms. The van der Waals surface area contributed by atoms with Gasteiger partial charge in [0.1, 0.15) is 13.2 Å². The van der Waals surface area contributed by atoms with Crippen molar-refractivity contribution in [1.29, 1.82) is 0 Å². The first-order valence-corrected chi connectivity index (χ1v) is 11.0. The Balaban J connectivity index is 0. The predicted molar refractivity (Wildman–Crippen MR) is 133 cm³/mol. The van der Waals surface area contributed by atoms with E-state index in [1.807, 2.05) is 0 Å². The molecule has 1 aliphatic carbocycles. The number of carbonyl (C=O) groups is 2. The van der Waals surface area contributed by atoms with Crippen molar-refractivity contribution in [3.63, 3.8) is 0 Å². The smallest absolute Gasteiger partial charge is 0.338 e. The molecular formula is C26H46O8. The number of esters is 2. The lowest BCUT2D eigenvalue weighted by atomic mass is 9.83. The molecule has 0 spiro atoms. The zero-order valence-electron chi connectivity index (χ0n) is 19.8. The van der Waals surface area contributed by atoms with Gasteiger partial charge in [-0.05, 0) is 61.8 Å². The molecular weight excluding hydrogens is 440 g/mol. The summed E-state index contributed by atoms with van der Waals surface area (Å²) < 4.78 is 29.7. The number of carbonyl (C=O) groups excluding carboxylic acids is 2. The largest absolute Gasteiger partial charge is 0.460 e. The van der Waals surface area contributed by atoms with Crippen LogP contribution in [0, 0.1) is 11.8 Å². The number of ether oxygens (including phenoxy) is 6. The van der Waals surface area contributed by atoms with Crippen molar-refractivity contribution in [2.45, 2.75) is 40.5 Å². The van der Waals surface area contributed by atoms with Gasteiger partial charge in [-0.1, -0.05) is 14.9 Å². The lowest BCUT2D eigenvalue weighted by Crippen LogP contribution is -2.20. The van der Waals surface area contributed by atoms with Crippen molar-refractivity contribution < 1.29 is 38.0 Å². The molecule has 0 saturated heterocycles. The van der Waals surface area contributed by atoms with Crippen LogP contribution in [0.2, 0.25) is 0 Å². The van der Waals surface area contributed by atoms with E-state index < -0.39 is 11.9 Å². The summed E-state index contributed by atoms with van der Waals surface area (Å²) in [4.78, 5) is 23.2. The van der Waals surface area contributed by atoms with Crippen molar-refractivity contribution in [2.75, 3.05) is 68.1 Å². The van der Waals surface area contributed by atoms with E-state index in [1.54, 1.807) is 14.2 Å². The second kappa shape index (κ2) is 21.5. The van der Waals surface area contributed by atoms with E-state index >= 15 is 0 Å². The van der Waals surface area contributed by atoms with E-state index in [4.69, 9.17) is 28.4 Å². The van der Waals surface area contributed by atoms with Gasteiger partial charge >= 0.3 is 11.9 Å². The molecule has 0 radical (unpaired) electrons. The zero-order chi connectivity index (χ0) is 23.6. The van der Waals surface area contributed by atoms with E-state index in [1.165, 1.54) is 64.2 Å². The number of hydrogen-bond acceptors (Lipinski definition) is 8. The molecule has 0 aromatic heterocycles. The highest BCUT2D eigenvalue weighted by molar-refractivity contribution is 5.93. The van der Waals surface area contributed by atoms with E-state index in [9.17, 15) is 9.59 Å². The summed E-state index contributed by atoms with van der Waals surface area (Å²) in [6.07, 6.45) is 5.29. The summed E-state index contributed by atoms with van der Waals surface area (Å²) in [6.45, 7) is 2.96. The molecule has 1 aliphatic rings. The SMILES string of the molecule is C.C.COCC1CCC(COC)CC1.COCCOC(=O)c1ccc(C(=O)OCCOC)cc1. The Hall–Kier alpha value is -2.00. The Morgan fingerprint density at radius 1 is 0.618 bits per heavy atom. The van der Waals surface area contributed by atoms with Crippen LogP contribution in [-0.2, 0) is 28.4 Å². The average molecular weight is 487 g/mol. The van der Waals surface area contributed by atoms with Gasteiger partial charge in [-0.25, -0.2) is 9.59 Å². The minimum atomic E-state index is -0.457. The second-order valence-electron chi connectivity index (χ2n) is 7.63. The van der Waals surface area contributed by atoms with Crippen LogP contribution in [0.5, 0.6) is 0 Å². The lowest BCUT2D eigenvalue weighted by Gasteiger charge is -2.27. The van der Waals surface area contributed by atoms with Crippen LogP contribution in [0.25, 0.3) is 0 Å². The molecule has 0 heterocycles. The molecule has 1 aromatic carbocycles. The fourth-order valence-corrected chi connectivity index (χ4v) is 3.38. The molecule has 1 aromatic rings. The maximum Gasteiger partial charge on any atom is 0.338 e. The van der Waals surface area contributed by atoms with Gasteiger partial charge < -0.3 is 28.4 Å². The van der Waals surface area contributed by atoms with Crippen LogP contribution in [-0.4, -0.2) is 80.0 Å². The Morgan fingerprint density at radius 2 is 0.941 bits per heavy atom. The minimum Gasteiger partial charge on any atom is -0.460 e. The molecule has 34 heavy (non-hydrogen) atoms. The summed E-state index contributed by atoms with van der Waals surface area (Å²) >= 11 is 0. The maximum atomic E-state index is 11.6. The number of rotatable bonds is 12. The quantitative estimate of drug-likeness (QED) is 0.312. The summed E-state index contributed by atoms with van der Waals surface area (Å²) in [5.74, 6) is 0.703. The molecule has 198 valence electrons. The molecule has 8 nitrogen and oxygen atoms in total. The zero-order valence-corrected chi connectivity index (χ0v) is 19.8. The minimum absolute atomic E-state index is 0. The fourth-order valence-electron chi connectivity index (χ4n) is 3.38. The standard InChI is InChI=1S/C14H18O6.C10H20O2.2CH4/c1-17-7-9-19-13(15)11-3-5-12(6-4-11)14(16)20-10-8-18-2;1-11-7-9-3-5-10(6-4-9)8-12-2;;/h3-6H,7-10H2,1-2H3;9-10H,3-8H2,1-2H3;2*1H4. The highest BCUT2D eigenvalue weighted by Gasteiger charge is 2.20. The topological polar surface area (TPSA) is 89.5 Å². The molecule has 0 unspecified atom stereocenters. The van der Waals surface area contributed by atoms with E-state index in [-0.39, 0.29) is 28.1 Å². The maximum absolute atomic E-state index is 11.6. The molecule has 0 N–H and O–H groups in total. The van der Waals surface area contributed by atoms with Crippen molar-refractivity contribution in [3.8, 4) is 0 Å². The van der Waals surface area contributed by atoms with Gasteiger partial charge in [0, 0.05) is 41.7 Å². The first kappa shape index (κ1) is 34.2. The average Bonchev–Trinajstić information content (AvgIpc) is 2.81. The van der Waals surface area contributed by atoms with Gasteiger partial charge in [0.15, 0.2) is 0 Å². The fraction of sp³-hybridized carbons (Fsp3) is 0.692. The van der Waals surface area contributed by atoms with Crippen LogP contribution in [0.3, 0.4) is 0 Å². The van der Waals surface area contributed by atoms with Crippen molar-refractivity contribution >= 4 is 11.9 Å². The summed E-state index contributed by atoms with van der Waals surface area (Å²) in [5, 5.41) is 0. The Kier molecular flexibility index (Phi) is 21.6. The Morgan fingerprint density at radius 3 is 1.21 bits per heavy atom. The van der Waals surface area contributed by atoms with Gasteiger partial charge in [0.2, 0.25) is 0 Å². The third-order valence-electron chi connectivity index (χ3n) is 5.17. The van der Waals surface area contributed by atoms with Crippen molar-refractivity contribution in [1.82, 2.24) is 0 Å². The molecule has 2 rings (SSSR count). The van der Waals surface area contributed by atoms with Gasteiger partial charge in [0.25, 0.3) is 0 Å². The summed E-state index contributed by atoms with van der Waals surface area (Å²) in [7, 11) is 6.64. The molecule has 0 aliphatic heterocycles. The third kappa shape index (κ3) is 14.3. The van der Waals surface area contributed by atoms with Crippen LogP contribution in [0.1, 0.15) is 61.3 Å². The van der Waals surface area contributed by atoms with Crippen molar-refractivity contribution in [3.05, 3.63) is 35.4 Å². The van der Waals surface area contributed by atoms with Gasteiger partial charge in [0.05, 0.1) is 24.3 Å². The lowest BCUT2D eigenvalue weighted by molar-refractivity contribution is 0.0376.